The Morgan fingerprint density at radius 2 is 2.17 bits per heavy atom. The summed E-state index contributed by atoms with van der Waals surface area (Å²) in [5.74, 6) is -0.174. The van der Waals surface area contributed by atoms with Gasteiger partial charge in [0.1, 0.15) is 0 Å². The lowest BCUT2D eigenvalue weighted by atomic mass is 10.2. The lowest BCUT2D eigenvalue weighted by Crippen LogP contribution is -2.25. The first-order chi connectivity index (χ1) is 11.1. The summed E-state index contributed by atoms with van der Waals surface area (Å²) in [4.78, 5) is 33.1. The van der Waals surface area contributed by atoms with Gasteiger partial charge in [0.2, 0.25) is 5.91 Å². The molecule has 6 nitrogen and oxygen atoms in total. The molecule has 0 saturated heterocycles. The summed E-state index contributed by atoms with van der Waals surface area (Å²) in [5, 5.41) is 5.77. The van der Waals surface area contributed by atoms with Crippen molar-refractivity contribution in [2.24, 2.45) is 7.05 Å². The van der Waals surface area contributed by atoms with Crippen LogP contribution in [-0.2, 0) is 11.8 Å². The highest BCUT2D eigenvalue weighted by molar-refractivity contribution is 8.00. The number of amides is 1. The van der Waals surface area contributed by atoms with E-state index < -0.39 is 5.25 Å². The van der Waals surface area contributed by atoms with E-state index in [0.29, 0.717) is 21.2 Å². The molecule has 8 heteroatoms. The van der Waals surface area contributed by atoms with E-state index in [1.165, 1.54) is 27.7 Å². The first-order valence-electron chi connectivity index (χ1n) is 6.89. The second-order valence-corrected chi connectivity index (χ2v) is 7.06. The molecule has 1 atom stereocenters. The van der Waals surface area contributed by atoms with Gasteiger partial charge in [0.15, 0.2) is 10.3 Å². The zero-order valence-electron chi connectivity index (χ0n) is 12.5. The van der Waals surface area contributed by atoms with E-state index in [1.807, 2.05) is 12.1 Å². The van der Waals surface area contributed by atoms with Crippen molar-refractivity contribution in [2.45, 2.75) is 17.3 Å². The average Bonchev–Trinajstić information content (AvgIpc) is 3.05. The van der Waals surface area contributed by atoms with Gasteiger partial charge in [0.05, 0.1) is 16.2 Å². The Balaban J connectivity index is 1.84. The summed E-state index contributed by atoms with van der Waals surface area (Å²) in [7, 11) is 1.66. The molecule has 2 aromatic heterocycles. The highest BCUT2D eigenvalue weighted by Crippen LogP contribution is 2.23. The fourth-order valence-corrected chi connectivity index (χ4v) is 3.41. The number of nitrogens with one attached hydrogen (secondary N) is 1. The van der Waals surface area contributed by atoms with Crippen LogP contribution in [0.15, 0.2) is 45.8 Å². The summed E-state index contributed by atoms with van der Waals surface area (Å²) in [6.07, 6.45) is 1.63. The number of anilines is 1. The predicted molar refractivity (Wildman–Crippen MR) is 93.0 cm³/mol. The number of carbonyl (C=O) groups excluding carboxylic acids is 1. The van der Waals surface area contributed by atoms with Gasteiger partial charge < -0.3 is 5.32 Å². The van der Waals surface area contributed by atoms with Gasteiger partial charge in [-0.3, -0.25) is 14.2 Å². The normalized spacial score (nSPS) is 12.3. The van der Waals surface area contributed by atoms with Gasteiger partial charge in [-0.05, 0) is 19.1 Å². The molecule has 0 saturated carbocycles. The van der Waals surface area contributed by atoms with Gasteiger partial charge in [-0.25, -0.2) is 9.97 Å². The summed E-state index contributed by atoms with van der Waals surface area (Å²) in [5.41, 5.74) is 0.510. The minimum Gasteiger partial charge on any atom is -0.301 e. The molecule has 0 aliphatic heterocycles. The Morgan fingerprint density at radius 3 is 2.91 bits per heavy atom. The predicted octanol–water partition coefficient (Wildman–Crippen LogP) is 2.51. The standard InChI is InChI=1S/C15H14N4O2S2/c1-9(12(20)18-14-16-7-8-22-14)23-15-17-11-6-4-3-5-10(11)13(21)19(15)2/h3-9H,1-2H3,(H,16,18,20). The summed E-state index contributed by atoms with van der Waals surface area (Å²) in [6.45, 7) is 1.77. The zero-order valence-corrected chi connectivity index (χ0v) is 14.1. The second-order valence-electron chi connectivity index (χ2n) is 4.86. The lowest BCUT2D eigenvalue weighted by Gasteiger charge is -2.13. The summed E-state index contributed by atoms with van der Waals surface area (Å²) in [6, 6.07) is 7.18. The van der Waals surface area contributed by atoms with Crippen molar-refractivity contribution in [2.75, 3.05) is 5.32 Å². The maximum Gasteiger partial charge on any atom is 0.261 e. The first kappa shape index (κ1) is 15.7. The number of hydrogen-bond donors (Lipinski definition) is 1. The maximum absolute atomic E-state index is 12.4. The largest absolute Gasteiger partial charge is 0.301 e. The monoisotopic (exact) mass is 346 g/mol. The highest BCUT2D eigenvalue weighted by atomic mass is 32.2. The Hall–Kier alpha value is -2.19. The van der Waals surface area contributed by atoms with Crippen molar-refractivity contribution in [1.82, 2.24) is 14.5 Å². The Morgan fingerprint density at radius 1 is 1.39 bits per heavy atom. The van der Waals surface area contributed by atoms with Gasteiger partial charge in [0, 0.05) is 18.6 Å². The molecular weight excluding hydrogens is 332 g/mol. The van der Waals surface area contributed by atoms with Crippen LogP contribution >= 0.6 is 23.1 Å². The number of nitrogens with zero attached hydrogens (tertiary/aromatic N) is 3. The van der Waals surface area contributed by atoms with E-state index in [1.54, 1.807) is 37.7 Å². The molecule has 3 rings (SSSR count). The van der Waals surface area contributed by atoms with E-state index >= 15 is 0 Å². The van der Waals surface area contributed by atoms with Gasteiger partial charge in [-0.1, -0.05) is 23.9 Å². The average molecular weight is 346 g/mol. The SMILES string of the molecule is CC(Sc1nc2ccccc2c(=O)n1C)C(=O)Nc1nccs1. The molecule has 0 spiro atoms. The molecule has 1 amide bonds. The minimum atomic E-state index is -0.404. The Kier molecular flexibility index (Phi) is 4.44. The number of benzene rings is 1. The first-order valence-corrected chi connectivity index (χ1v) is 8.65. The fraction of sp³-hybridized carbons (Fsp3) is 0.200. The van der Waals surface area contributed by atoms with Crippen molar-refractivity contribution >= 4 is 45.0 Å². The molecule has 1 unspecified atom stereocenters. The molecule has 0 aliphatic rings. The van der Waals surface area contributed by atoms with Crippen molar-refractivity contribution in [3.63, 3.8) is 0 Å². The fourth-order valence-electron chi connectivity index (χ4n) is 2.01. The van der Waals surface area contributed by atoms with Crippen molar-refractivity contribution in [3.05, 3.63) is 46.2 Å². The number of thiazole rings is 1. The Labute approximate surface area is 140 Å². The highest BCUT2D eigenvalue weighted by Gasteiger charge is 2.18. The van der Waals surface area contributed by atoms with Gasteiger partial charge in [0.25, 0.3) is 5.56 Å². The van der Waals surface area contributed by atoms with Crippen LogP contribution in [0.2, 0.25) is 0 Å². The number of rotatable bonds is 4. The Bertz CT molecular complexity index is 905. The molecular formula is C15H14N4O2S2. The number of fused-ring (bicyclic) bond motifs is 1. The number of thioether (sulfide) groups is 1. The number of hydrogen-bond acceptors (Lipinski definition) is 6. The summed E-state index contributed by atoms with van der Waals surface area (Å²) < 4.78 is 1.47. The van der Waals surface area contributed by atoms with Crippen molar-refractivity contribution < 1.29 is 4.79 Å². The van der Waals surface area contributed by atoms with Crippen LogP contribution in [0.25, 0.3) is 10.9 Å². The van der Waals surface area contributed by atoms with Gasteiger partial charge in [-0.2, -0.15) is 0 Å². The molecule has 1 aromatic carbocycles. The summed E-state index contributed by atoms with van der Waals surface area (Å²) >= 11 is 2.61. The van der Waals surface area contributed by atoms with Gasteiger partial charge in [-0.15, -0.1) is 11.3 Å². The topological polar surface area (TPSA) is 76.9 Å². The molecule has 0 fully saturated rings. The maximum atomic E-state index is 12.4. The lowest BCUT2D eigenvalue weighted by molar-refractivity contribution is -0.115. The van der Waals surface area contributed by atoms with Crippen LogP contribution in [0.5, 0.6) is 0 Å². The molecule has 0 radical (unpaired) electrons. The molecule has 0 aliphatic carbocycles. The van der Waals surface area contributed by atoms with Gasteiger partial charge >= 0.3 is 0 Å². The van der Waals surface area contributed by atoms with Crippen LogP contribution in [0, 0.1) is 0 Å². The minimum absolute atomic E-state index is 0.120. The third-order valence-electron chi connectivity index (χ3n) is 3.26. The zero-order chi connectivity index (χ0) is 16.4. The molecule has 3 aromatic rings. The van der Waals surface area contributed by atoms with E-state index in [9.17, 15) is 9.59 Å². The number of carbonyl (C=O) groups is 1. The molecule has 1 N–H and O–H groups in total. The number of aromatic nitrogens is 3. The van der Waals surface area contributed by atoms with Crippen LogP contribution in [0.3, 0.4) is 0 Å². The third-order valence-corrected chi connectivity index (χ3v) is 5.09. The molecule has 2 heterocycles. The van der Waals surface area contributed by atoms with Crippen molar-refractivity contribution in [3.8, 4) is 0 Å². The smallest absolute Gasteiger partial charge is 0.261 e. The van der Waals surface area contributed by atoms with E-state index in [4.69, 9.17) is 0 Å². The second kappa shape index (κ2) is 6.51. The quantitative estimate of drug-likeness (QED) is 0.580. The third kappa shape index (κ3) is 3.27. The van der Waals surface area contributed by atoms with Crippen LogP contribution in [0.4, 0.5) is 5.13 Å². The molecule has 23 heavy (non-hydrogen) atoms. The molecule has 118 valence electrons. The van der Waals surface area contributed by atoms with E-state index in [0.717, 1.165) is 0 Å². The molecule has 0 bridgehead atoms. The van der Waals surface area contributed by atoms with E-state index in [-0.39, 0.29) is 11.5 Å². The number of para-hydroxylation sites is 1. The van der Waals surface area contributed by atoms with Crippen LogP contribution in [0.1, 0.15) is 6.92 Å². The van der Waals surface area contributed by atoms with Crippen molar-refractivity contribution in [1.29, 1.82) is 0 Å². The van der Waals surface area contributed by atoms with Crippen LogP contribution in [-0.4, -0.2) is 25.7 Å². The van der Waals surface area contributed by atoms with Crippen LogP contribution < -0.4 is 10.9 Å². The van der Waals surface area contributed by atoms with E-state index in [2.05, 4.69) is 15.3 Å².